The molecule has 1 fully saturated rings. The number of urea groups is 1. The first-order chi connectivity index (χ1) is 14.9. The van der Waals surface area contributed by atoms with Crippen molar-refractivity contribution in [3.8, 4) is 0 Å². The number of hydrogen-bond acceptors (Lipinski definition) is 3. The molecule has 0 radical (unpaired) electrons. The molecule has 3 rings (SSSR count). The summed E-state index contributed by atoms with van der Waals surface area (Å²) in [6, 6.07) is 14.6. The number of likely N-dealkylation sites (N-methyl/N-ethyl adjacent to an activating group) is 1. The van der Waals surface area contributed by atoms with Crippen molar-refractivity contribution in [2.45, 2.75) is 39.2 Å². The van der Waals surface area contributed by atoms with Crippen molar-refractivity contribution in [2.24, 2.45) is 0 Å². The molecular formula is C25H34N4O2. The SMILES string of the molecule is CNC(=O)Nc1c(C)cc(C(=O)N2CCC(N(C)CCc3ccccc3)CC2)cc1C. The van der Waals surface area contributed by atoms with E-state index in [1.165, 1.54) is 5.56 Å². The molecular weight excluding hydrogens is 388 g/mol. The fraction of sp³-hybridized carbons (Fsp3) is 0.440. The minimum atomic E-state index is -0.260. The van der Waals surface area contributed by atoms with Crippen LogP contribution in [-0.4, -0.2) is 61.5 Å². The van der Waals surface area contributed by atoms with Gasteiger partial charge in [-0.1, -0.05) is 30.3 Å². The third kappa shape index (κ3) is 5.85. The Kier molecular flexibility index (Phi) is 7.69. The summed E-state index contributed by atoms with van der Waals surface area (Å²) >= 11 is 0. The Morgan fingerprint density at radius 1 is 1.06 bits per heavy atom. The predicted molar refractivity (Wildman–Crippen MR) is 126 cm³/mol. The number of piperidine rings is 1. The average Bonchev–Trinajstić information content (AvgIpc) is 2.79. The quantitative estimate of drug-likeness (QED) is 0.744. The van der Waals surface area contributed by atoms with Gasteiger partial charge in [-0.2, -0.15) is 0 Å². The van der Waals surface area contributed by atoms with Gasteiger partial charge in [0.1, 0.15) is 0 Å². The lowest BCUT2D eigenvalue weighted by atomic mass is 10.00. The minimum absolute atomic E-state index is 0.0723. The zero-order chi connectivity index (χ0) is 22.4. The predicted octanol–water partition coefficient (Wildman–Crippen LogP) is 3.83. The van der Waals surface area contributed by atoms with Crippen molar-refractivity contribution in [3.05, 3.63) is 64.7 Å². The molecule has 0 aliphatic carbocycles. The Bertz CT molecular complexity index is 882. The van der Waals surface area contributed by atoms with Crippen molar-refractivity contribution >= 4 is 17.6 Å². The van der Waals surface area contributed by atoms with Gasteiger partial charge in [-0.15, -0.1) is 0 Å². The highest BCUT2D eigenvalue weighted by molar-refractivity contribution is 5.97. The van der Waals surface area contributed by atoms with Crippen LogP contribution in [0, 0.1) is 13.8 Å². The van der Waals surface area contributed by atoms with Crippen LogP contribution < -0.4 is 10.6 Å². The number of benzene rings is 2. The third-order valence-corrected chi connectivity index (χ3v) is 6.22. The van der Waals surface area contributed by atoms with Crippen LogP contribution in [0.25, 0.3) is 0 Å². The molecule has 1 aliphatic heterocycles. The molecule has 6 heteroatoms. The fourth-order valence-electron chi connectivity index (χ4n) is 4.29. The van der Waals surface area contributed by atoms with Gasteiger partial charge in [0.15, 0.2) is 0 Å². The van der Waals surface area contributed by atoms with E-state index in [2.05, 4.69) is 52.9 Å². The van der Waals surface area contributed by atoms with Gasteiger partial charge in [-0.3, -0.25) is 4.79 Å². The maximum Gasteiger partial charge on any atom is 0.318 e. The highest BCUT2D eigenvalue weighted by Crippen LogP contribution is 2.24. The smallest absolute Gasteiger partial charge is 0.318 e. The average molecular weight is 423 g/mol. The lowest BCUT2D eigenvalue weighted by Gasteiger charge is -2.37. The summed E-state index contributed by atoms with van der Waals surface area (Å²) in [5.74, 6) is 0.0723. The van der Waals surface area contributed by atoms with E-state index in [0.717, 1.165) is 55.7 Å². The van der Waals surface area contributed by atoms with Gasteiger partial charge in [0.2, 0.25) is 0 Å². The molecule has 0 aromatic heterocycles. The topological polar surface area (TPSA) is 64.7 Å². The second kappa shape index (κ2) is 10.4. The zero-order valence-electron chi connectivity index (χ0n) is 19.1. The first-order valence-electron chi connectivity index (χ1n) is 11.0. The van der Waals surface area contributed by atoms with Gasteiger partial charge in [-0.05, 0) is 69.0 Å². The third-order valence-electron chi connectivity index (χ3n) is 6.22. The van der Waals surface area contributed by atoms with Gasteiger partial charge in [0, 0.05) is 44.0 Å². The Labute approximate surface area is 185 Å². The highest BCUT2D eigenvalue weighted by Gasteiger charge is 2.26. The van der Waals surface area contributed by atoms with Crippen molar-refractivity contribution in [1.29, 1.82) is 0 Å². The molecule has 1 saturated heterocycles. The Morgan fingerprint density at radius 2 is 1.68 bits per heavy atom. The van der Waals surface area contributed by atoms with Crippen LogP contribution in [0.1, 0.15) is 39.9 Å². The fourth-order valence-corrected chi connectivity index (χ4v) is 4.29. The molecule has 31 heavy (non-hydrogen) atoms. The van der Waals surface area contributed by atoms with E-state index in [9.17, 15) is 9.59 Å². The molecule has 2 aromatic rings. The molecule has 2 aromatic carbocycles. The number of nitrogens with zero attached hydrogens (tertiary/aromatic N) is 2. The van der Waals surface area contributed by atoms with Gasteiger partial charge in [-0.25, -0.2) is 4.79 Å². The second-order valence-electron chi connectivity index (χ2n) is 8.43. The summed E-state index contributed by atoms with van der Waals surface area (Å²) in [6.45, 7) is 6.41. The van der Waals surface area contributed by atoms with Crippen LogP contribution in [0.5, 0.6) is 0 Å². The maximum absolute atomic E-state index is 13.1. The molecule has 6 nitrogen and oxygen atoms in total. The van der Waals surface area contributed by atoms with Crippen LogP contribution in [-0.2, 0) is 6.42 Å². The lowest BCUT2D eigenvalue weighted by Crippen LogP contribution is -2.46. The number of carbonyl (C=O) groups is 2. The van der Waals surface area contributed by atoms with Crippen molar-refractivity contribution in [3.63, 3.8) is 0 Å². The van der Waals surface area contributed by atoms with Crippen molar-refractivity contribution in [2.75, 3.05) is 39.0 Å². The second-order valence-corrected chi connectivity index (χ2v) is 8.43. The molecule has 0 saturated carbocycles. The standard InChI is InChI=1S/C25H34N4O2/c1-18-16-21(17-19(2)23(18)27-25(31)26-3)24(30)29-14-11-22(12-15-29)28(4)13-10-20-8-6-5-7-9-20/h5-9,16-17,22H,10-15H2,1-4H3,(H2,26,27,31). The van der Waals surface area contributed by atoms with Crippen LogP contribution in [0.15, 0.2) is 42.5 Å². The highest BCUT2D eigenvalue weighted by atomic mass is 16.2. The van der Waals surface area contributed by atoms with Gasteiger partial charge in [0.05, 0.1) is 0 Å². The molecule has 166 valence electrons. The molecule has 2 N–H and O–H groups in total. The summed E-state index contributed by atoms with van der Waals surface area (Å²) in [4.78, 5) is 29.1. The van der Waals surface area contributed by atoms with E-state index in [4.69, 9.17) is 0 Å². The normalized spacial score (nSPS) is 14.5. The summed E-state index contributed by atoms with van der Waals surface area (Å²) < 4.78 is 0. The Hall–Kier alpha value is -2.86. The number of amides is 3. The molecule has 1 aliphatic rings. The Morgan fingerprint density at radius 3 is 2.26 bits per heavy atom. The number of aryl methyl sites for hydroxylation is 2. The van der Waals surface area contributed by atoms with Gasteiger partial charge < -0.3 is 20.4 Å². The minimum Gasteiger partial charge on any atom is -0.341 e. The monoisotopic (exact) mass is 422 g/mol. The van der Waals surface area contributed by atoms with Crippen molar-refractivity contribution < 1.29 is 9.59 Å². The molecule has 0 atom stereocenters. The molecule has 0 unspecified atom stereocenters. The largest absolute Gasteiger partial charge is 0.341 e. The summed E-state index contributed by atoms with van der Waals surface area (Å²) in [5, 5.41) is 5.39. The van der Waals surface area contributed by atoms with Crippen LogP contribution >= 0.6 is 0 Å². The van der Waals surface area contributed by atoms with E-state index >= 15 is 0 Å². The van der Waals surface area contributed by atoms with Crippen LogP contribution in [0.3, 0.4) is 0 Å². The molecule has 0 bridgehead atoms. The number of anilines is 1. The molecule has 0 spiro atoms. The van der Waals surface area contributed by atoms with E-state index < -0.39 is 0 Å². The summed E-state index contributed by atoms with van der Waals surface area (Å²) in [6.07, 6.45) is 3.03. The number of hydrogen-bond donors (Lipinski definition) is 2. The number of nitrogens with one attached hydrogen (secondary N) is 2. The molecule has 3 amide bonds. The first-order valence-corrected chi connectivity index (χ1v) is 11.0. The lowest BCUT2D eigenvalue weighted by molar-refractivity contribution is 0.0646. The van der Waals surface area contributed by atoms with Crippen LogP contribution in [0.4, 0.5) is 10.5 Å². The van der Waals surface area contributed by atoms with Gasteiger partial charge >= 0.3 is 6.03 Å². The van der Waals surface area contributed by atoms with E-state index in [-0.39, 0.29) is 11.9 Å². The zero-order valence-corrected chi connectivity index (χ0v) is 19.1. The van der Waals surface area contributed by atoms with E-state index in [0.29, 0.717) is 11.6 Å². The maximum atomic E-state index is 13.1. The van der Waals surface area contributed by atoms with Gasteiger partial charge in [0.25, 0.3) is 5.91 Å². The molecule has 1 heterocycles. The van der Waals surface area contributed by atoms with Crippen molar-refractivity contribution in [1.82, 2.24) is 15.1 Å². The van der Waals surface area contributed by atoms with E-state index in [1.54, 1.807) is 7.05 Å². The van der Waals surface area contributed by atoms with E-state index in [1.807, 2.05) is 30.9 Å². The number of rotatable bonds is 6. The number of carbonyl (C=O) groups excluding carboxylic acids is 2. The Balaban J connectivity index is 1.55. The van der Waals surface area contributed by atoms with Crippen LogP contribution in [0.2, 0.25) is 0 Å². The summed E-state index contributed by atoms with van der Waals surface area (Å²) in [7, 11) is 3.77. The first kappa shape index (κ1) is 22.8. The number of likely N-dealkylation sites (tertiary alicyclic amines) is 1. The summed E-state index contributed by atoms with van der Waals surface area (Å²) in [5.41, 5.74) is 4.59.